The minimum Gasteiger partial charge on any atom is -0.459 e. The van der Waals surface area contributed by atoms with Crippen molar-refractivity contribution < 1.29 is 14.6 Å². The Labute approximate surface area is 209 Å². The van der Waals surface area contributed by atoms with E-state index in [9.17, 15) is 9.90 Å². The van der Waals surface area contributed by atoms with Gasteiger partial charge in [0.25, 0.3) is 0 Å². The average molecular weight is 472 g/mol. The number of aliphatic hydroxyl groups excluding tert-OH is 1. The van der Waals surface area contributed by atoms with E-state index in [1.807, 2.05) is 66.7 Å². The highest BCUT2D eigenvalue weighted by Crippen LogP contribution is 2.31. The SMILES string of the molecule is O=C(OCc1ccccc1)C(O)C(CC1CCCCC1)N(Cc1ccccc1)Cc1ccccc1. The Bertz CT molecular complexity index is 962. The normalized spacial score (nSPS) is 16.1. The van der Waals surface area contributed by atoms with Gasteiger partial charge in [-0.2, -0.15) is 0 Å². The number of carbonyl (C=O) groups excluding carboxylic acids is 1. The number of ether oxygens (including phenoxy) is 1. The number of hydrogen-bond acceptors (Lipinski definition) is 4. The molecule has 0 saturated heterocycles. The zero-order chi connectivity index (χ0) is 24.3. The molecule has 1 N–H and O–H groups in total. The van der Waals surface area contributed by atoms with Gasteiger partial charge in [-0.1, -0.05) is 123 Å². The fraction of sp³-hybridized carbons (Fsp3) is 0.387. The molecular formula is C31H37NO3. The molecule has 4 rings (SSSR count). The molecule has 1 saturated carbocycles. The minimum atomic E-state index is -1.20. The first-order valence-corrected chi connectivity index (χ1v) is 12.9. The second-order valence-electron chi connectivity index (χ2n) is 9.72. The topological polar surface area (TPSA) is 49.8 Å². The highest BCUT2D eigenvalue weighted by molar-refractivity contribution is 5.75. The molecule has 0 spiro atoms. The van der Waals surface area contributed by atoms with E-state index in [2.05, 4.69) is 29.2 Å². The quantitative estimate of drug-likeness (QED) is 0.342. The zero-order valence-electron chi connectivity index (χ0n) is 20.5. The second-order valence-corrected chi connectivity index (χ2v) is 9.72. The third-order valence-corrected chi connectivity index (χ3v) is 7.06. The molecule has 4 heteroatoms. The molecule has 1 aliphatic rings. The van der Waals surface area contributed by atoms with Crippen molar-refractivity contribution in [2.24, 2.45) is 5.92 Å². The molecule has 0 heterocycles. The van der Waals surface area contributed by atoms with Crippen molar-refractivity contribution in [2.45, 2.75) is 70.4 Å². The van der Waals surface area contributed by atoms with Gasteiger partial charge < -0.3 is 9.84 Å². The molecule has 35 heavy (non-hydrogen) atoms. The van der Waals surface area contributed by atoms with Crippen molar-refractivity contribution in [2.75, 3.05) is 0 Å². The van der Waals surface area contributed by atoms with Crippen molar-refractivity contribution in [1.82, 2.24) is 4.90 Å². The lowest BCUT2D eigenvalue weighted by Gasteiger charge is -2.37. The van der Waals surface area contributed by atoms with Gasteiger partial charge in [0.1, 0.15) is 6.61 Å². The van der Waals surface area contributed by atoms with E-state index in [0.717, 1.165) is 24.8 Å². The summed E-state index contributed by atoms with van der Waals surface area (Å²) < 4.78 is 5.59. The number of esters is 1. The van der Waals surface area contributed by atoms with Crippen molar-refractivity contribution in [3.63, 3.8) is 0 Å². The van der Waals surface area contributed by atoms with Gasteiger partial charge in [-0.25, -0.2) is 4.79 Å². The summed E-state index contributed by atoms with van der Waals surface area (Å²) in [6.45, 7) is 1.50. The number of carbonyl (C=O) groups is 1. The molecule has 2 unspecified atom stereocenters. The molecule has 3 aromatic rings. The first kappa shape index (κ1) is 25.2. The summed E-state index contributed by atoms with van der Waals surface area (Å²) in [4.78, 5) is 15.4. The Balaban J connectivity index is 1.56. The summed E-state index contributed by atoms with van der Waals surface area (Å²) >= 11 is 0. The number of hydrogen-bond donors (Lipinski definition) is 1. The van der Waals surface area contributed by atoms with E-state index < -0.39 is 12.1 Å². The standard InChI is InChI=1S/C31H37NO3/c33-30(31(34)35-24-28-19-11-4-12-20-28)29(21-25-13-5-1-6-14-25)32(22-26-15-7-2-8-16-26)23-27-17-9-3-10-18-27/h2-4,7-12,15-20,25,29-30,33H,1,5-6,13-14,21-24H2. The highest BCUT2D eigenvalue weighted by Gasteiger charge is 2.35. The van der Waals surface area contributed by atoms with Gasteiger partial charge in [0.15, 0.2) is 6.10 Å². The molecule has 1 fully saturated rings. The minimum absolute atomic E-state index is 0.171. The van der Waals surface area contributed by atoms with Gasteiger partial charge >= 0.3 is 5.97 Å². The molecule has 184 valence electrons. The fourth-order valence-electron chi connectivity index (χ4n) is 5.14. The summed E-state index contributed by atoms with van der Waals surface area (Å²) in [6, 6.07) is 29.9. The van der Waals surface area contributed by atoms with E-state index in [4.69, 9.17) is 4.74 Å². The van der Waals surface area contributed by atoms with Crippen LogP contribution in [0.15, 0.2) is 91.0 Å². The van der Waals surface area contributed by atoms with Crippen LogP contribution >= 0.6 is 0 Å². The van der Waals surface area contributed by atoms with Gasteiger partial charge in [0, 0.05) is 19.1 Å². The monoisotopic (exact) mass is 471 g/mol. The zero-order valence-corrected chi connectivity index (χ0v) is 20.5. The predicted octanol–water partition coefficient (Wildman–Crippen LogP) is 6.13. The maximum Gasteiger partial charge on any atom is 0.336 e. The number of benzene rings is 3. The largest absolute Gasteiger partial charge is 0.459 e. The van der Waals surface area contributed by atoms with Gasteiger partial charge in [0.2, 0.25) is 0 Å². The number of rotatable bonds is 11. The second kappa shape index (κ2) is 13.2. The Morgan fingerprint density at radius 1 is 0.771 bits per heavy atom. The number of aliphatic hydroxyl groups is 1. The smallest absolute Gasteiger partial charge is 0.336 e. The lowest BCUT2D eigenvalue weighted by molar-refractivity contribution is -0.160. The lowest BCUT2D eigenvalue weighted by Crippen LogP contribution is -2.48. The van der Waals surface area contributed by atoms with Crippen LogP contribution in [-0.2, 0) is 29.2 Å². The molecule has 0 amide bonds. The number of nitrogens with zero attached hydrogens (tertiary/aromatic N) is 1. The van der Waals surface area contributed by atoms with E-state index in [1.165, 1.54) is 30.4 Å². The van der Waals surface area contributed by atoms with E-state index >= 15 is 0 Å². The summed E-state index contributed by atoms with van der Waals surface area (Å²) in [5.41, 5.74) is 3.26. The Morgan fingerprint density at radius 3 is 1.77 bits per heavy atom. The molecule has 4 nitrogen and oxygen atoms in total. The van der Waals surface area contributed by atoms with Gasteiger partial charge in [0.05, 0.1) is 0 Å². The molecule has 3 aromatic carbocycles. The van der Waals surface area contributed by atoms with Crippen LogP contribution in [0.4, 0.5) is 0 Å². The maximum atomic E-state index is 13.1. The van der Waals surface area contributed by atoms with Gasteiger partial charge in [-0.3, -0.25) is 4.90 Å². The first-order valence-electron chi connectivity index (χ1n) is 12.9. The highest BCUT2D eigenvalue weighted by atomic mass is 16.5. The van der Waals surface area contributed by atoms with Crippen LogP contribution in [0.25, 0.3) is 0 Å². The van der Waals surface area contributed by atoms with Crippen molar-refractivity contribution in [1.29, 1.82) is 0 Å². The third kappa shape index (κ3) is 7.78. The Kier molecular flexibility index (Phi) is 9.50. The van der Waals surface area contributed by atoms with Crippen LogP contribution in [0, 0.1) is 5.92 Å². The third-order valence-electron chi connectivity index (χ3n) is 7.06. The van der Waals surface area contributed by atoms with Crippen LogP contribution in [0.5, 0.6) is 0 Å². The van der Waals surface area contributed by atoms with Gasteiger partial charge in [-0.15, -0.1) is 0 Å². The van der Waals surface area contributed by atoms with Gasteiger partial charge in [-0.05, 0) is 29.0 Å². The van der Waals surface area contributed by atoms with Crippen LogP contribution < -0.4 is 0 Å². The van der Waals surface area contributed by atoms with Crippen LogP contribution in [0.2, 0.25) is 0 Å². The maximum absolute atomic E-state index is 13.1. The predicted molar refractivity (Wildman–Crippen MR) is 139 cm³/mol. The molecule has 0 bridgehead atoms. The molecule has 2 atom stereocenters. The summed E-state index contributed by atoms with van der Waals surface area (Å²) in [6.07, 6.45) is 5.64. The summed E-state index contributed by atoms with van der Waals surface area (Å²) in [7, 11) is 0. The average Bonchev–Trinajstić information content (AvgIpc) is 2.92. The molecule has 0 aromatic heterocycles. The van der Waals surface area contributed by atoms with Crippen molar-refractivity contribution >= 4 is 5.97 Å². The van der Waals surface area contributed by atoms with Crippen molar-refractivity contribution in [3.8, 4) is 0 Å². The molecule has 1 aliphatic carbocycles. The Hall–Kier alpha value is -2.95. The summed E-state index contributed by atoms with van der Waals surface area (Å²) in [5.74, 6) is -0.0276. The summed E-state index contributed by atoms with van der Waals surface area (Å²) in [5, 5.41) is 11.4. The fourth-order valence-corrected chi connectivity index (χ4v) is 5.14. The molecule has 0 aliphatic heterocycles. The van der Waals surface area contributed by atoms with E-state index in [-0.39, 0.29) is 12.6 Å². The van der Waals surface area contributed by atoms with Crippen LogP contribution in [0.3, 0.4) is 0 Å². The Morgan fingerprint density at radius 2 is 1.26 bits per heavy atom. The molecule has 0 radical (unpaired) electrons. The first-order chi connectivity index (χ1) is 17.2. The lowest BCUT2D eigenvalue weighted by atomic mass is 9.83. The van der Waals surface area contributed by atoms with E-state index in [0.29, 0.717) is 19.0 Å². The van der Waals surface area contributed by atoms with Crippen molar-refractivity contribution in [3.05, 3.63) is 108 Å². The molecular weight excluding hydrogens is 434 g/mol. The van der Waals surface area contributed by atoms with Crippen LogP contribution in [-0.4, -0.2) is 28.1 Å². The van der Waals surface area contributed by atoms with Crippen LogP contribution in [0.1, 0.15) is 55.2 Å². The van der Waals surface area contributed by atoms with E-state index in [1.54, 1.807) is 0 Å².